The molecule has 1 rings (SSSR count). The van der Waals surface area contributed by atoms with Crippen molar-refractivity contribution < 1.29 is 14.6 Å². The minimum Gasteiger partial charge on any atom is -0.389 e. The van der Waals surface area contributed by atoms with Crippen LogP contribution in [0.25, 0.3) is 0 Å². The van der Waals surface area contributed by atoms with Crippen LogP contribution >= 0.6 is 31.9 Å². The summed E-state index contributed by atoms with van der Waals surface area (Å²) in [5.74, 6) is 0. The Morgan fingerprint density at radius 3 is 2.68 bits per heavy atom. The third-order valence-corrected chi connectivity index (χ3v) is 3.49. The monoisotopic (exact) mass is 395 g/mol. The molecule has 0 heterocycles. The Hall–Kier alpha value is -0.140. The van der Waals surface area contributed by atoms with Gasteiger partial charge < -0.3 is 19.9 Å². The predicted molar refractivity (Wildman–Crippen MR) is 83.7 cm³/mol. The van der Waals surface area contributed by atoms with Crippen LogP contribution in [-0.4, -0.2) is 44.2 Å². The molecular weight excluding hydrogens is 378 g/mol. The molecule has 6 heteroatoms. The largest absolute Gasteiger partial charge is 0.389 e. The number of aliphatic hydroxyl groups excluding tert-OH is 1. The van der Waals surface area contributed by atoms with Crippen molar-refractivity contribution in [1.29, 1.82) is 0 Å². The smallest absolute Gasteiger partial charge is 0.0945 e. The lowest BCUT2D eigenvalue weighted by Gasteiger charge is -2.14. The number of benzene rings is 1. The predicted octanol–water partition coefficient (Wildman–Crippen LogP) is 3.04. The van der Waals surface area contributed by atoms with Gasteiger partial charge in [0.15, 0.2) is 0 Å². The standard InChI is InChI=1S/C13H19Br2NO3/c1-2-18-5-6-19-9-11(17)8-16-13-4-3-10(14)7-12(13)15/h3-4,7,11,16-17H,2,5-6,8-9H2,1H3. The van der Waals surface area contributed by atoms with Crippen LogP contribution in [-0.2, 0) is 9.47 Å². The highest BCUT2D eigenvalue weighted by molar-refractivity contribution is 9.11. The molecule has 19 heavy (non-hydrogen) atoms. The average molecular weight is 397 g/mol. The highest BCUT2D eigenvalue weighted by Crippen LogP contribution is 2.25. The first-order valence-electron chi connectivity index (χ1n) is 6.16. The molecular formula is C13H19Br2NO3. The third-order valence-electron chi connectivity index (χ3n) is 2.35. The molecule has 0 spiro atoms. The maximum atomic E-state index is 9.76. The summed E-state index contributed by atoms with van der Waals surface area (Å²) in [6.07, 6.45) is -0.544. The number of aliphatic hydroxyl groups is 1. The van der Waals surface area contributed by atoms with Crippen LogP contribution in [0.1, 0.15) is 6.92 Å². The Bertz CT molecular complexity index is 377. The first kappa shape index (κ1) is 16.9. The lowest BCUT2D eigenvalue weighted by Crippen LogP contribution is -2.25. The van der Waals surface area contributed by atoms with Gasteiger partial charge in [0.2, 0.25) is 0 Å². The molecule has 1 aromatic rings. The Morgan fingerprint density at radius 2 is 2.00 bits per heavy atom. The number of nitrogens with one attached hydrogen (secondary N) is 1. The van der Waals surface area contributed by atoms with E-state index in [1.54, 1.807) is 0 Å². The van der Waals surface area contributed by atoms with Crippen molar-refractivity contribution in [1.82, 2.24) is 0 Å². The first-order valence-corrected chi connectivity index (χ1v) is 7.74. The molecule has 0 bridgehead atoms. The number of halogens is 2. The van der Waals surface area contributed by atoms with E-state index in [2.05, 4.69) is 37.2 Å². The highest BCUT2D eigenvalue weighted by atomic mass is 79.9. The van der Waals surface area contributed by atoms with E-state index < -0.39 is 6.10 Å². The number of anilines is 1. The van der Waals surface area contributed by atoms with Crippen molar-refractivity contribution >= 4 is 37.5 Å². The van der Waals surface area contributed by atoms with Gasteiger partial charge in [0.05, 0.1) is 25.9 Å². The molecule has 0 aliphatic carbocycles. The molecule has 0 saturated heterocycles. The molecule has 108 valence electrons. The highest BCUT2D eigenvalue weighted by Gasteiger charge is 2.06. The minimum atomic E-state index is -0.544. The van der Waals surface area contributed by atoms with Crippen LogP contribution in [0.15, 0.2) is 27.1 Å². The van der Waals surface area contributed by atoms with E-state index in [0.717, 1.165) is 14.6 Å². The van der Waals surface area contributed by atoms with Crippen LogP contribution in [0.2, 0.25) is 0 Å². The van der Waals surface area contributed by atoms with Gasteiger partial charge in [-0.2, -0.15) is 0 Å². The number of rotatable bonds is 9. The van der Waals surface area contributed by atoms with Gasteiger partial charge in [0.25, 0.3) is 0 Å². The molecule has 0 aliphatic heterocycles. The minimum absolute atomic E-state index is 0.300. The zero-order valence-corrected chi connectivity index (χ0v) is 14.0. The van der Waals surface area contributed by atoms with Gasteiger partial charge in [-0.05, 0) is 41.1 Å². The van der Waals surface area contributed by atoms with Crippen LogP contribution in [0.4, 0.5) is 5.69 Å². The molecule has 0 amide bonds. The summed E-state index contributed by atoms with van der Waals surface area (Å²) >= 11 is 6.85. The SMILES string of the molecule is CCOCCOCC(O)CNc1ccc(Br)cc1Br. The molecule has 0 saturated carbocycles. The van der Waals surface area contributed by atoms with Crippen molar-refractivity contribution in [2.24, 2.45) is 0 Å². The fraction of sp³-hybridized carbons (Fsp3) is 0.538. The number of hydrogen-bond donors (Lipinski definition) is 2. The van der Waals surface area contributed by atoms with Gasteiger partial charge >= 0.3 is 0 Å². The zero-order valence-electron chi connectivity index (χ0n) is 10.9. The van der Waals surface area contributed by atoms with Crippen molar-refractivity contribution in [2.75, 3.05) is 38.3 Å². The second-order valence-corrected chi connectivity index (χ2v) is 5.70. The number of hydrogen-bond acceptors (Lipinski definition) is 4. The molecule has 1 atom stereocenters. The fourth-order valence-electron chi connectivity index (χ4n) is 1.40. The normalized spacial score (nSPS) is 12.4. The van der Waals surface area contributed by atoms with Crippen molar-refractivity contribution in [3.63, 3.8) is 0 Å². The van der Waals surface area contributed by atoms with E-state index in [1.807, 2.05) is 25.1 Å². The van der Waals surface area contributed by atoms with E-state index in [9.17, 15) is 5.11 Å². The molecule has 0 aliphatic rings. The maximum Gasteiger partial charge on any atom is 0.0945 e. The second-order valence-electron chi connectivity index (χ2n) is 3.93. The molecule has 2 N–H and O–H groups in total. The van der Waals surface area contributed by atoms with Gasteiger partial charge in [-0.25, -0.2) is 0 Å². The molecule has 1 unspecified atom stereocenters. The van der Waals surface area contributed by atoms with Gasteiger partial charge in [-0.15, -0.1) is 0 Å². The van der Waals surface area contributed by atoms with E-state index in [4.69, 9.17) is 9.47 Å². The lowest BCUT2D eigenvalue weighted by atomic mass is 10.3. The van der Waals surface area contributed by atoms with E-state index >= 15 is 0 Å². The molecule has 0 aromatic heterocycles. The summed E-state index contributed by atoms with van der Waals surface area (Å²) in [5, 5.41) is 12.9. The summed E-state index contributed by atoms with van der Waals surface area (Å²) < 4.78 is 12.4. The Labute approximate surface area is 130 Å². The fourth-order valence-corrected chi connectivity index (χ4v) is 2.59. The number of ether oxygens (including phenoxy) is 2. The molecule has 4 nitrogen and oxygen atoms in total. The molecule has 1 aromatic carbocycles. The van der Waals surface area contributed by atoms with Crippen molar-refractivity contribution in [3.8, 4) is 0 Å². The van der Waals surface area contributed by atoms with E-state index in [0.29, 0.717) is 33.0 Å². The van der Waals surface area contributed by atoms with Gasteiger partial charge in [-0.1, -0.05) is 15.9 Å². The lowest BCUT2D eigenvalue weighted by molar-refractivity contribution is 0.0103. The Kier molecular flexibility index (Phi) is 8.65. The summed E-state index contributed by atoms with van der Waals surface area (Å²) in [4.78, 5) is 0. The van der Waals surface area contributed by atoms with E-state index in [-0.39, 0.29) is 0 Å². The van der Waals surface area contributed by atoms with Crippen LogP contribution < -0.4 is 5.32 Å². The quantitative estimate of drug-likeness (QED) is 0.630. The summed E-state index contributed by atoms with van der Waals surface area (Å²) in [6, 6.07) is 5.84. The first-order chi connectivity index (χ1) is 9.13. The summed E-state index contributed by atoms with van der Waals surface area (Å²) in [5.41, 5.74) is 0.941. The topological polar surface area (TPSA) is 50.7 Å². The molecule has 0 radical (unpaired) electrons. The Morgan fingerprint density at radius 1 is 1.26 bits per heavy atom. The molecule has 0 fully saturated rings. The maximum absolute atomic E-state index is 9.76. The average Bonchev–Trinajstić information content (AvgIpc) is 2.37. The van der Waals surface area contributed by atoms with E-state index in [1.165, 1.54) is 0 Å². The summed E-state index contributed by atoms with van der Waals surface area (Å²) in [6.45, 7) is 4.44. The van der Waals surface area contributed by atoms with Gasteiger partial charge in [0, 0.05) is 27.8 Å². The zero-order chi connectivity index (χ0) is 14.1. The van der Waals surface area contributed by atoms with Gasteiger partial charge in [0.1, 0.15) is 0 Å². The second kappa shape index (κ2) is 9.72. The van der Waals surface area contributed by atoms with Gasteiger partial charge in [-0.3, -0.25) is 0 Å². The summed E-state index contributed by atoms with van der Waals surface area (Å²) in [7, 11) is 0. The van der Waals surface area contributed by atoms with Crippen molar-refractivity contribution in [2.45, 2.75) is 13.0 Å². The van der Waals surface area contributed by atoms with Crippen LogP contribution in [0, 0.1) is 0 Å². The Balaban J connectivity index is 2.20. The van der Waals surface area contributed by atoms with Crippen molar-refractivity contribution in [3.05, 3.63) is 27.1 Å². The van der Waals surface area contributed by atoms with Crippen LogP contribution in [0.5, 0.6) is 0 Å². The third kappa shape index (κ3) is 7.27. The van der Waals surface area contributed by atoms with Crippen LogP contribution in [0.3, 0.4) is 0 Å².